The number of hydrogen-bond acceptors (Lipinski definition) is 4. The van der Waals surface area contributed by atoms with E-state index >= 15 is 0 Å². The van der Waals surface area contributed by atoms with Crippen molar-refractivity contribution in [1.29, 1.82) is 0 Å². The van der Waals surface area contributed by atoms with Crippen LogP contribution in [0.15, 0.2) is 47.6 Å². The molecule has 2 aromatic rings. The quantitative estimate of drug-likeness (QED) is 0.631. The summed E-state index contributed by atoms with van der Waals surface area (Å²) in [6, 6.07) is 13.0. The van der Waals surface area contributed by atoms with Crippen LogP contribution in [0.2, 0.25) is 5.02 Å². The number of anilines is 1. The number of carbonyl (C=O) groups excluding carboxylic acids is 1. The molecule has 120 valence electrons. The fourth-order valence-corrected chi connectivity index (χ4v) is 2.19. The average Bonchev–Trinajstić information content (AvgIpc) is 2.54. The van der Waals surface area contributed by atoms with E-state index in [1.165, 1.54) is 6.21 Å². The van der Waals surface area contributed by atoms with Gasteiger partial charge in [0.25, 0.3) is 5.91 Å². The molecular weight excluding hydrogens is 314 g/mol. The lowest BCUT2D eigenvalue weighted by Gasteiger charge is -2.07. The summed E-state index contributed by atoms with van der Waals surface area (Å²) >= 11 is 6.02. The fraction of sp³-hybridized carbons (Fsp3) is 0.176. The predicted octanol–water partition coefficient (Wildman–Crippen LogP) is 3.22. The molecule has 23 heavy (non-hydrogen) atoms. The highest BCUT2D eigenvalue weighted by molar-refractivity contribution is 6.32. The lowest BCUT2D eigenvalue weighted by molar-refractivity contribution is -0.119. The van der Waals surface area contributed by atoms with Crippen LogP contribution in [-0.4, -0.2) is 25.8 Å². The molecule has 1 amide bonds. The van der Waals surface area contributed by atoms with Crippen molar-refractivity contribution >= 4 is 29.4 Å². The van der Waals surface area contributed by atoms with Crippen molar-refractivity contribution in [3.05, 3.63) is 58.6 Å². The summed E-state index contributed by atoms with van der Waals surface area (Å²) in [5.41, 5.74) is 5.23. The second kappa shape index (κ2) is 8.19. The summed E-state index contributed by atoms with van der Waals surface area (Å²) in [4.78, 5) is 11.8. The van der Waals surface area contributed by atoms with Crippen molar-refractivity contribution in [2.24, 2.45) is 5.10 Å². The smallest absolute Gasteiger partial charge is 0.259 e. The molecule has 5 nitrogen and oxygen atoms in total. The topological polar surface area (TPSA) is 62.7 Å². The standard InChI is InChI=1S/C17H18ClN3O2/c1-12-5-3-4-6-15(12)19-11-17(22)21-20-10-13-7-8-16(23-2)14(18)9-13/h3-10,19H,11H2,1-2H3,(H,21,22)/b20-10-. The molecule has 0 bridgehead atoms. The molecule has 2 N–H and O–H groups in total. The van der Waals surface area contributed by atoms with Crippen LogP contribution in [0.4, 0.5) is 5.69 Å². The van der Waals surface area contributed by atoms with Crippen LogP contribution >= 0.6 is 11.6 Å². The number of aryl methyl sites for hydroxylation is 1. The monoisotopic (exact) mass is 331 g/mol. The van der Waals surface area contributed by atoms with Gasteiger partial charge in [-0.3, -0.25) is 4.79 Å². The molecule has 6 heteroatoms. The second-order valence-electron chi connectivity index (χ2n) is 4.86. The summed E-state index contributed by atoms with van der Waals surface area (Å²) in [6.45, 7) is 2.12. The molecule has 0 aromatic heterocycles. The van der Waals surface area contributed by atoms with Crippen LogP contribution in [0.1, 0.15) is 11.1 Å². The van der Waals surface area contributed by atoms with Crippen LogP contribution in [0.3, 0.4) is 0 Å². The van der Waals surface area contributed by atoms with E-state index < -0.39 is 0 Å². The molecule has 0 atom stereocenters. The predicted molar refractivity (Wildman–Crippen MR) is 93.4 cm³/mol. The van der Waals surface area contributed by atoms with Crippen LogP contribution in [0.5, 0.6) is 5.75 Å². The molecule has 0 aliphatic carbocycles. The Morgan fingerprint density at radius 1 is 1.30 bits per heavy atom. The minimum absolute atomic E-state index is 0.144. The number of amides is 1. The van der Waals surface area contributed by atoms with Gasteiger partial charge in [0.1, 0.15) is 5.75 Å². The lowest BCUT2D eigenvalue weighted by atomic mass is 10.2. The molecule has 0 saturated heterocycles. The van der Waals surface area contributed by atoms with E-state index in [2.05, 4.69) is 15.8 Å². The number of hydrogen-bond donors (Lipinski definition) is 2. The number of nitrogens with one attached hydrogen (secondary N) is 2. The van der Waals surface area contributed by atoms with Crippen LogP contribution < -0.4 is 15.5 Å². The number of benzene rings is 2. The van der Waals surface area contributed by atoms with Crippen molar-refractivity contribution in [1.82, 2.24) is 5.43 Å². The molecule has 2 aromatic carbocycles. The van der Waals surface area contributed by atoms with E-state index in [0.717, 1.165) is 16.8 Å². The number of nitrogens with zero attached hydrogens (tertiary/aromatic N) is 1. The van der Waals surface area contributed by atoms with E-state index in [-0.39, 0.29) is 12.5 Å². The Morgan fingerprint density at radius 3 is 2.78 bits per heavy atom. The van der Waals surface area contributed by atoms with Crippen LogP contribution in [0, 0.1) is 6.92 Å². The van der Waals surface area contributed by atoms with Gasteiger partial charge < -0.3 is 10.1 Å². The van der Waals surface area contributed by atoms with Gasteiger partial charge in [-0.2, -0.15) is 5.10 Å². The summed E-state index contributed by atoms with van der Waals surface area (Å²) in [6.07, 6.45) is 1.52. The maximum atomic E-state index is 11.8. The van der Waals surface area contributed by atoms with E-state index in [9.17, 15) is 4.79 Å². The number of hydrazone groups is 1. The molecule has 0 unspecified atom stereocenters. The van der Waals surface area contributed by atoms with Gasteiger partial charge in [-0.1, -0.05) is 29.8 Å². The minimum atomic E-state index is -0.232. The number of methoxy groups -OCH3 is 1. The highest BCUT2D eigenvalue weighted by Crippen LogP contribution is 2.24. The average molecular weight is 332 g/mol. The summed E-state index contributed by atoms with van der Waals surface area (Å²) in [7, 11) is 1.55. The van der Waals surface area contributed by atoms with Gasteiger partial charge in [-0.15, -0.1) is 0 Å². The first kappa shape index (κ1) is 16.8. The van der Waals surface area contributed by atoms with Gasteiger partial charge in [0.2, 0.25) is 0 Å². The summed E-state index contributed by atoms with van der Waals surface area (Å²) in [5.74, 6) is 0.361. The van der Waals surface area contributed by atoms with Crippen LogP contribution in [-0.2, 0) is 4.79 Å². The third-order valence-corrected chi connectivity index (χ3v) is 3.46. The van der Waals surface area contributed by atoms with Gasteiger partial charge in [-0.25, -0.2) is 5.43 Å². The minimum Gasteiger partial charge on any atom is -0.495 e. The van der Waals surface area contributed by atoms with Gasteiger partial charge in [0, 0.05) is 5.69 Å². The summed E-state index contributed by atoms with van der Waals surface area (Å²) in [5, 5.41) is 7.46. The van der Waals surface area contributed by atoms with Crippen molar-refractivity contribution in [3.63, 3.8) is 0 Å². The van der Waals surface area contributed by atoms with Gasteiger partial charge in [-0.05, 0) is 42.3 Å². The Labute approximate surface area is 140 Å². The molecule has 0 spiro atoms. The third kappa shape index (κ3) is 5.00. The van der Waals surface area contributed by atoms with Crippen molar-refractivity contribution in [2.75, 3.05) is 19.0 Å². The molecule has 0 aliphatic heterocycles. The Bertz CT molecular complexity index is 717. The Hall–Kier alpha value is -2.53. The zero-order valence-electron chi connectivity index (χ0n) is 13.0. The number of ether oxygens (including phenoxy) is 1. The van der Waals surface area contributed by atoms with Gasteiger partial charge in [0.15, 0.2) is 0 Å². The Kier molecular flexibility index (Phi) is 6.00. The maximum absolute atomic E-state index is 11.8. The molecule has 0 radical (unpaired) electrons. The highest BCUT2D eigenvalue weighted by Gasteiger charge is 2.02. The second-order valence-corrected chi connectivity index (χ2v) is 5.26. The first-order valence-electron chi connectivity index (χ1n) is 7.05. The van der Waals surface area contributed by atoms with Crippen molar-refractivity contribution < 1.29 is 9.53 Å². The number of para-hydroxylation sites is 1. The largest absolute Gasteiger partial charge is 0.495 e. The molecule has 0 fully saturated rings. The van der Waals surface area contributed by atoms with Gasteiger partial charge in [0.05, 0.1) is 24.9 Å². The van der Waals surface area contributed by atoms with E-state index in [1.807, 2.05) is 31.2 Å². The normalized spacial score (nSPS) is 10.6. The maximum Gasteiger partial charge on any atom is 0.259 e. The van der Waals surface area contributed by atoms with E-state index in [1.54, 1.807) is 25.3 Å². The van der Waals surface area contributed by atoms with Gasteiger partial charge >= 0.3 is 0 Å². The number of rotatable bonds is 6. The zero-order chi connectivity index (χ0) is 16.7. The van der Waals surface area contributed by atoms with E-state index in [4.69, 9.17) is 16.3 Å². The lowest BCUT2D eigenvalue weighted by Crippen LogP contribution is -2.26. The first-order valence-corrected chi connectivity index (χ1v) is 7.43. The number of halogens is 1. The van der Waals surface area contributed by atoms with E-state index in [0.29, 0.717) is 10.8 Å². The molecule has 0 heterocycles. The molecule has 0 saturated carbocycles. The number of carbonyl (C=O) groups is 1. The Morgan fingerprint density at radius 2 is 2.09 bits per heavy atom. The molecule has 2 rings (SSSR count). The SMILES string of the molecule is COc1ccc(/C=N\NC(=O)CNc2ccccc2C)cc1Cl. The van der Waals surface area contributed by atoms with Crippen molar-refractivity contribution in [2.45, 2.75) is 6.92 Å². The highest BCUT2D eigenvalue weighted by atomic mass is 35.5. The molecular formula is C17H18ClN3O2. The van der Waals surface area contributed by atoms with Crippen molar-refractivity contribution in [3.8, 4) is 5.75 Å². The third-order valence-electron chi connectivity index (χ3n) is 3.16. The summed E-state index contributed by atoms with van der Waals surface area (Å²) < 4.78 is 5.07. The zero-order valence-corrected chi connectivity index (χ0v) is 13.7. The first-order chi connectivity index (χ1) is 11.1. The molecule has 0 aliphatic rings. The fourth-order valence-electron chi connectivity index (χ4n) is 1.93. The van der Waals surface area contributed by atoms with Crippen LogP contribution in [0.25, 0.3) is 0 Å². The Balaban J connectivity index is 1.84.